The van der Waals surface area contributed by atoms with Crippen molar-refractivity contribution in [2.24, 2.45) is 0 Å². The highest BCUT2D eigenvalue weighted by Gasteiger charge is 2.23. The Bertz CT molecular complexity index is 1120. The third-order valence-corrected chi connectivity index (χ3v) is 13.0. The van der Waals surface area contributed by atoms with Crippen LogP contribution in [0.4, 0.5) is 0 Å². The van der Waals surface area contributed by atoms with Gasteiger partial charge in [-0.05, 0) is 57.8 Å². The average molecular weight is 909 g/mol. The number of carbonyl (C=O) groups excluding carboxylic acids is 1. The lowest BCUT2D eigenvalue weighted by molar-refractivity contribution is -0.870. The highest BCUT2D eigenvalue weighted by molar-refractivity contribution is 7.45. The number of aliphatic hydroxyl groups is 1. The number of nitrogens with one attached hydrogen (secondary N) is 1. The summed E-state index contributed by atoms with van der Waals surface area (Å²) in [4.78, 5) is 25.4. The maximum Gasteiger partial charge on any atom is 0.268 e. The third-order valence-electron chi connectivity index (χ3n) is 12.1. The van der Waals surface area contributed by atoms with E-state index in [0.717, 1.165) is 38.5 Å². The molecule has 0 spiro atoms. The Hall–Kier alpha value is -1.28. The number of hydrogen-bond acceptors (Lipinski definition) is 6. The molecule has 0 heterocycles. The standard InChI is InChI=1S/C54H105N2O6P/c1-6-8-10-12-14-16-18-20-22-24-26-28-29-31-33-35-37-39-41-43-45-47-53(57)52(51-62-63(59,60)61-50-49-56(3,4)5)55-54(58)48-46-44-42-40-38-36-34-32-30-27-25-23-21-19-17-15-13-11-9-7-2/h27,30,37,39,45,47,52-53,57H,6-26,28-29,31-36,38,40-44,46,48-51H2,1-5H3,(H-,55,58,59,60)/b30-27-,39-37+,47-45+. The molecule has 0 saturated carbocycles. The second-order valence-corrected chi connectivity index (χ2v) is 21.0. The van der Waals surface area contributed by atoms with Crippen molar-refractivity contribution in [1.82, 2.24) is 5.32 Å². The Balaban J connectivity index is 4.33. The highest BCUT2D eigenvalue weighted by Crippen LogP contribution is 2.38. The number of allylic oxidation sites excluding steroid dienone is 5. The van der Waals surface area contributed by atoms with Crippen molar-refractivity contribution in [3.63, 3.8) is 0 Å². The van der Waals surface area contributed by atoms with E-state index in [2.05, 4.69) is 43.5 Å². The normalized spacial score (nSPS) is 14.3. The van der Waals surface area contributed by atoms with Crippen molar-refractivity contribution in [2.45, 2.75) is 264 Å². The second kappa shape index (κ2) is 45.9. The van der Waals surface area contributed by atoms with Gasteiger partial charge in [-0.1, -0.05) is 224 Å². The summed E-state index contributed by atoms with van der Waals surface area (Å²) in [5.41, 5.74) is 0. The maximum absolute atomic E-state index is 12.9. The molecule has 0 radical (unpaired) electrons. The molecule has 0 aromatic rings. The minimum Gasteiger partial charge on any atom is -0.756 e. The summed E-state index contributed by atoms with van der Waals surface area (Å²) in [5, 5.41) is 13.8. The first kappa shape index (κ1) is 61.7. The molecule has 0 aromatic carbocycles. The van der Waals surface area contributed by atoms with Crippen molar-refractivity contribution in [2.75, 3.05) is 40.9 Å². The number of nitrogens with zero attached hydrogens (tertiary/aromatic N) is 1. The van der Waals surface area contributed by atoms with Gasteiger partial charge in [0, 0.05) is 6.42 Å². The zero-order valence-corrected chi connectivity index (χ0v) is 43.2. The molecule has 0 saturated heterocycles. The fourth-order valence-corrected chi connectivity index (χ4v) is 8.53. The molecule has 0 aliphatic rings. The molecule has 0 fully saturated rings. The molecule has 8 nitrogen and oxygen atoms in total. The largest absolute Gasteiger partial charge is 0.756 e. The third kappa shape index (κ3) is 48.5. The number of rotatable bonds is 49. The quantitative estimate of drug-likeness (QED) is 0.0272. The number of aliphatic hydroxyl groups excluding tert-OH is 1. The van der Waals surface area contributed by atoms with Crippen LogP contribution in [0.2, 0.25) is 0 Å². The molecule has 372 valence electrons. The first-order chi connectivity index (χ1) is 30.5. The summed E-state index contributed by atoms with van der Waals surface area (Å²) in [6.45, 7) is 4.65. The minimum atomic E-state index is -4.60. The summed E-state index contributed by atoms with van der Waals surface area (Å²) in [6, 6.07) is -0.905. The Kier molecular flexibility index (Phi) is 44.9. The SMILES string of the molecule is CCCCCCCCCCC/C=C\CCCCCCCCCC(=O)NC(COP(=O)([O-])OCC[N+](C)(C)C)C(O)/C=C/CC/C=C/CCCCCCCCCCCCCCCCC. The van der Waals surface area contributed by atoms with E-state index in [9.17, 15) is 19.4 Å². The van der Waals surface area contributed by atoms with Crippen LogP contribution in [0.1, 0.15) is 251 Å². The van der Waals surface area contributed by atoms with E-state index in [-0.39, 0.29) is 12.5 Å². The van der Waals surface area contributed by atoms with Crippen LogP contribution in [-0.4, -0.2) is 68.5 Å². The van der Waals surface area contributed by atoms with Crippen LogP contribution >= 0.6 is 7.82 Å². The molecule has 0 bridgehead atoms. The summed E-state index contributed by atoms with van der Waals surface area (Å²) >= 11 is 0. The van der Waals surface area contributed by atoms with Gasteiger partial charge < -0.3 is 28.8 Å². The molecular weight excluding hydrogens is 804 g/mol. The Labute approximate surface area is 391 Å². The van der Waals surface area contributed by atoms with Gasteiger partial charge in [0.15, 0.2) is 0 Å². The molecule has 0 aliphatic carbocycles. The van der Waals surface area contributed by atoms with Crippen LogP contribution in [0.3, 0.4) is 0 Å². The van der Waals surface area contributed by atoms with Crippen LogP contribution < -0.4 is 10.2 Å². The van der Waals surface area contributed by atoms with Crippen LogP contribution in [0.15, 0.2) is 36.5 Å². The smallest absolute Gasteiger partial charge is 0.268 e. The Morgan fingerprint density at radius 2 is 0.889 bits per heavy atom. The topological polar surface area (TPSA) is 108 Å². The van der Waals surface area contributed by atoms with Gasteiger partial charge in [0.1, 0.15) is 13.2 Å². The van der Waals surface area contributed by atoms with Crippen LogP contribution in [0.5, 0.6) is 0 Å². The second-order valence-electron chi connectivity index (χ2n) is 19.6. The van der Waals surface area contributed by atoms with Gasteiger partial charge in [-0.15, -0.1) is 0 Å². The van der Waals surface area contributed by atoms with Crippen molar-refractivity contribution in [1.29, 1.82) is 0 Å². The minimum absolute atomic E-state index is 0.00674. The molecule has 1 amide bonds. The molecule has 9 heteroatoms. The van der Waals surface area contributed by atoms with Crippen molar-refractivity contribution in [3.05, 3.63) is 36.5 Å². The molecule has 63 heavy (non-hydrogen) atoms. The Morgan fingerprint density at radius 1 is 0.540 bits per heavy atom. The van der Waals surface area contributed by atoms with Gasteiger partial charge in [0.05, 0.1) is 39.9 Å². The first-order valence-electron chi connectivity index (χ1n) is 26.9. The molecule has 2 N–H and O–H groups in total. The number of likely N-dealkylation sites (N-methyl/N-ethyl adjacent to an activating group) is 1. The summed E-state index contributed by atoms with van der Waals surface area (Å²) in [6.07, 6.45) is 57.8. The van der Waals surface area contributed by atoms with E-state index >= 15 is 0 Å². The number of phosphoric ester groups is 1. The Morgan fingerprint density at radius 3 is 1.29 bits per heavy atom. The highest BCUT2D eigenvalue weighted by atomic mass is 31.2. The number of unbranched alkanes of at least 4 members (excludes halogenated alkanes) is 32. The van der Waals surface area contributed by atoms with Crippen LogP contribution in [-0.2, 0) is 18.4 Å². The van der Waals surface area contributed by atoms with Gasteiger partial charge >= 0.3 is 0 Å². The van der Waals surface area contributed by atoms with Crippen LogP contribution in [0, 0.1) is 0 Å². The lowest BCUT2D eigenvalue weighted by Crippen LogP contribution is -2.45. The fourth-order valence-electron chi connectivity index (χ4n) is 7.81. The average Bonchev–Trinajstić information content (AvgIpc) is 3.24. The molecule has 0 aromatic heterocycles. The predicted molar refractivity (Wildman–Crippen MR) is 270 cm³/mol. The van der Waals surface area contributed by atoms with Gasteiger partial charge in [-0.2, -0.15) is 0 Å². The summed E-state index contributed by atoms with van der Waals surface area (Å²) < 4.78 is 23.3. The van der Waals surface area contributed by atoms with Crippen molar-refractivity contribution in [3.8, 4) is 0 Å². The zero-order chi connectivity index (χ0) is 46.4. The fraction of sp³-hybridized carbons (Fsp3) is 0.870. The van der Waals surface area contributed by atoms with E-state index in [1.807, 2.05) is 27.2 Å². The van der Waals surface area contributed by atoms with Crippen molar-refractivity contribution >= 4 is 13.7 Å². The van der Waals surface area contributed by atoms with Crippen molar-refractivity contribution < 1.29 is 32.9 Å². The molecule has 0 rings (SSSR count). The lowest BCUT2D eigenvalue weighted by atomic mass is 10.0. The molecular formula is C54H105N2O6P. The summed E-state index contributed by atoms with van der Waals surface area (Å²) in [5.74, 6) is -0.210. The zero-order valence-electron chi connectivity index (χ0n) is 42.3. The molecule has 3 atom stereocenters. The van der Waals surface area contributed by atoms with E-state index in [0.29, 0.717) is 17.4 Å². The predicted octanol–water partition coefficient (Wildman–Crippen LogP) is 15.2. The monoisotopic (exact) mass is 909 g/mol. The van der Waals surface area contributed by atoms with Gasteiger partial charge in [-0.25, -0.2) is 0 Å². The summed E-state index contributed by atoms with van der Waals surface area (Å²) in [7, 11) is 1.25. The van der Waals surface area contributed by atoms with E-state index in [4.69, 9.17) is 9.05 Å². The number of carbonyl (C=O) groups is 1. The number of quaternary nitrogens is 1. The lowest BCUT2D eigenvalue weighted by Gasteiger charge is -2.29. The van der Waals surface area contributed by atoms with E-state index < -0.39 is 26.6 Å². The van der Waals surface area contributed by atoms with E-state index in [1.54, 1.807) is 6.08 Å². The van der Waals surface area contributed by atoms with Gasteiger partial charge in [0.2, 0.25) is 5.91 Å². The first-order valence-corrected chi connectivity index (χ1v) is 28.3. The van der Waals surface area contributed by atoms with Crippen LogP contribution in [0.25, 0.3) is 0 Å². The molecule has 0 aliphatic heterocycles. The number of hydrogen-bond donors (Lipinski definition) is 2. The van der Waals surface area contributed by atoms with Gasteiger partial charge in [-0.3, -0.25) is 9.36 Å². The molecule has 3 unspecified atom stereocenters. The maximum atomic E-state index is 12.9. The number of amides is 1. The van der Waals surface area contributed by atoms with E-state index in [1.165, 1.54) is 193 Å². The number of phosphoric acid groups is 1. The van der Waals surface area contributed by atoms with Gasteiger partial charge in [0.25, 0.3) is 7.82 Å².